The minimum Gasteiger partial charge on any atom is -0.334 e. The van der Waals surface area contributed by atoms with Crippen LogP contribution in [0.3, 0.4) is 0 Å². The third-order valence-corrected chi connectivity index (χ3v) is 3.45. The van der Waals surface area contributed by atoms with E-state index in [1.807, 2.05) is 24.3 Å². The van der Waals surface area contributed by atoms with Crippen LogP contribution in [0, 0.1) is 0 Å². The zero-order valence-corrected chi connectivity index (χ0v) is 10.7. The Kier molecular flexibility index (Phi) is 3.30. The van der Waals surface area contributed by atoms with E-state index in [-0.39, 0.29) is 0 Å². The molecule has 1 fully saturated rings. The largest absolute Gasteiger partial charge is 0.334 e. The summed E-state index contributed by atoms with van der Waals surface area (Å²) in [5.41, 5.74) is 0.905. The van der Waals surface area contributed by atoms with Gasteiger partial charge in [-0.15, -0.1) is 0 Å². The lowest BCUT2D eigenvalue weighted by Crippen LogP contribution is -2.28. The first-order chi connectivity index (χ1) is 8.83. The molecule has 1 aliphatic heterocycles. The van der Waals surface area contributed by atoms with Gasteiger partial charge in [0.25, 0.3) is 5.89 Å². The van der Waals surface area contributed by atoms with Crippen LogP contribution in [-0.2, 0) is 0 Å². The second-order valence-electron chi connectivity index (χ2n) is 4.51. The van der Waals surface area contributed by atoms with E-state index in [9.17, 15) is 0 Å². The van der Waals surface area contributed by atoms with Crippen molar-refractivity contribution in [1.82, 2.24) is 15.5 Å². The predicted molar refractivity (Wildman–Crippen MR) is 69.6 cm³/mol. The molecule has 1 aromatic carbocycles. The van der Waals surface area contributed by atoms with Gasteiger partial charge in [-0.2, -0.15) is 4.98 Å². The summed E-state index contributed by atoms with van der Waals surface area (Å²) in [7, 11) is 0. The summed E-state index contributed by atoms with van der Waals surface area (Å²) in [4.78, 5) is 4.47. The van der Waals surface area contributed by atoms with Gasteiger partial charge in [0.1, 0.15) is 0 Å². The molecule has 1 aliphatic rings. The zero-order chi connectivity index (χ0) is 12.4. The molecule has 4 nitrogen and oxygen atoms in total. The van der Waals surface area contributed by atoms with Crippen molar-refractivity contribution in [1.29, 1.82) is 0 Å². The van der Waals surface area contributed by atoms with Crippen molar-refractivity contribution in [3.8, 4) is 11.5 Å². The Labute approximate surface area is 110 Å². The molecular formula is C13H14ClN3O. The van der Waals surface area contributed by atoms with E-state index in [4.69, 9.17) is 16.1 Å². The molecule has 2 aromatic rings. The summed E-state index contributed by atoms with van der Waals surface area (Å²) in [5, 5.41) is 8.13. The highest BCUT2D eigenvalue weighted by molar-refractivity contribution is 6.30. The van der Waals surface area contributed by atoms with Crippen LogP contribution >= 0.6 is 11.6 Å². The van der Waals surface area contributed by atoms with Gasteiger partial charge in [-0.3, -0.25) is 0 Å². The third kappa shape index (κ3) is 2.40. The highest BCUT2D eigenvalue weighted by Gasteiger charge is 2.20. The van der Waals surface area contributed by atoms with Gasteiger partial charge in [0.15, 0.2) is 5.82 Å². The number of halogens is 1. The van der Waals surface area contributed by atoms with Crippen LogP contribution in [0.1, 0.15) is 24.6 Å². The number of piperidine rings is 1. The number of nitrogens with one attached hydrogen (secondary N) is 1. The summed E-state index contributed by atoms with van der Waals surface area (Å²) in [6.45, 7) is 2.01. The standard InChI is InChI=1S/C13H14ClN3O/c14-11-5-3-9(4-6-11)13-16-12(17-18-13)10-2-1-7-15-8-10/h3-6,10,15H,1-2,7-8H2. The van der Waals surface area contributed by atoms with E-state index in [1.165, 1.54) is 0 Å². The van der Waals surface area contributed by atoms with Crippen molar-refractivity contribution in [2.45, 2.75) is 18.8 Å². The Morgan fingerprint density at radius 3 is 2.83 bits per heavy atom. The number of nitrogens with zero attached hydrogens (tertiary/aromatic N) is 2. The summed E-state index contributed by atoms with van der Waals surface area (Å²) >= 11 is 5.85. The zero-order valence-electron chi connectivity index (χ0n) is 9.90. The Balaban J connectivity index is 1.82. The highest BCUT2D eigenvalue weighted by Crippen LogP contribution is 2.24. The molecule has 94 valence electrons. The second-order valence-corrected chi connectivity index (χ2v) is 4.94. The van der Waals surface area contributed by atoms with Gasteiger partial charge in [-0.1, -0.05) is 16.8 Å². The minimum absolute atomic E-state index is 0.364. The van der Waals surface area contributed by atoms with Gasteiger partial charge in [0, 0.05) is 23.0 Å². The molecule has 0 bridgehead atoms. The van der Waals surface area contributed by atoms with E-state index in [1.54, 1.807) is 0 Å². The lowest BCUT2D eigenvalue weighted by Gasteiger charge is -2.19. The van der Waals surface area contributed by atoms with Gasteiger partial charge in [0.2, 0.25) is 0 Å². The van der Waals surface area contributed by atoms with E-state index in [2.05, 4.69) is 15.5 Å². The lowest BCUT2D eigenvalue weighted by atomic mass is 9.99. The van der Waals surface area contributed by atoms with Crippen molar-refractivity contribution >= 4 is 11.6 Å². The monoisotopic (exact) mass is 263 g/mol. The van der Waals surface area contributed by atoms with Crippen molar-refractivity contribution in [2.24, 2.45) is 0 Å². The lowest BCUT2D eigenvalue weighted by molar-refractivity contribution is 0.393. The van der Waals surface area contributed by atoms with Crippen molar-refractivity contribution in [3.05, 3.63) is 35.1 Å². The number of hydrogen-bond acceptors (Lipinski definition) is 4. The van der Waals surface area contributed by atoms with E-state index in [0.717, 1.165) is 37.3 Å². The van der Waals surface area contributed by atoms with E-state index < -0.39 is 0 Å². The van der Waals surface area contributed by atoms with Crippen molar-refractivity contribution in [3.63, 3.8) is 0 Å². The minimum atomic E-state index is 0.364. The summed E-state index contributed by atoms with van der Waals surface area (Å²) in [5.74, 6) is 1.72. The van der Waals surface area contributed by atoms with Gasteiger partial charge >= 0.3 is 0 Å². The molecule has 5 heteroatoms. The van der Waals surface area contributed by atoms with Crippen molar-refractivity contribution < 1.29 is 4.52 Å². The Hall–Kier alpha value is -1.39. The molecule has 0 spiro atoms. The van der Waals surface area contributed by atoms with Gasteiger partial charge in [-0.05, 0) is 43.7 Å². The fourth-order valence-electron chi connectivity index (χ4n) is 2.18. The van der Waals surface area contributed by atoms with Crippen LogP contribution in [-0.4, -0.2) is 23.2 Å². The molecule has 1 aromatic heterocycles. The summed E-state index contributed by atoms with van der Waals surface area (Å²) in [6.07, 6.45) is 2.28. The van der Waals surface area contributed by atoms with Crippen molar-refractivity contribution in [2.75, 3.05) is 13.1 Å². The highest BCUT2D eigenvalue weighted by atomic mass is 35.5. The predicted octanol–water partition coefficient (Wildman–Crippen LogP) is 2.86. The van der Waals surface area contributed by atoms with E-state index in [0.29, 0.717) is 16.8 Å². The van der Waals surface area contributed by atoms with Crippen LogP contribution in [0.25, 0.3) is 11.5 Å². The molecule has 3 rings (SSSR count). The molecule has 2 heterocycles. The molecule has 1 unspecified atom stereocenters. The Morgan fingerprint density at radius 1 is 1.28 bits per heavy atom. The maximum Gasteiger partial charge on any atom is 0.257 e. The van der Waals surface area contributed by atoms with Crippen LogP contribution < -0.4 is 5.32 Å². The normalized spacial score (nSPS) is 19.9. The fraction of sp³-hybridized carbons (Fsp3) is 0.385. The topological polar surface area (TPSA) is 51.0 Å². The van der Waals surface area contributed by atoms with Crippen LogP contribution in [0.5, 0.6) is 0 Å². The number of aromatic nitrogens is 2. The van der Waals surface area contributed by atoms with Crippen LogP contribution in [0.15, 0.2) is 28.8 Å². The number of rotatable bonds is 2. The Morgan fingerprint density at radius 2 is 2.11 bits per heavy atom. The first kappa shape index (κ1) is 11.7. The fourth-order valence-corrected chi connectivity index (χ4v) is 2.31. The molecule has 1 N–H and O–H groups in total. The molecule has 0 saturated carbocycles. The summed E-state index contributed by atoms with van der Waals surface area (Å²) < 4.78 is 5.31. The number of benzene rings is 1. The van der Waals surface area contributed by atoms with Gasteiger partial charge in [0.05, 0.1) is 0 Å². The molecule has 1 saturated heterocycles. The first-order valence-electron chi connectivity index (χ1n) is 6.13. The average Bonchev–Trinajstić information content (AvgIpc) is 2.90. The van der Waals surface area contributed by atoms with Crippen LogP contribution in [0.4, 0.5) is 0 Å². The van der Waals surface area contributed by atoms with Gasteiger partial charge in [-0.25, -0.2) is 0 Å². The molecule has 1 atom stereocenters. The molecule has 18 heavy (non-hydrogen) atoms. The molecule has 0 radical (unpaired) electrons. The maximum absolute atomic E-state index is 5.85. The molecule has 0 aliphatic carbocycles. The molecule has 0 amide bonds. The SMILES string of the molecule is Clc1ccc(-c2nc(C3CCCNC3)no2)cc1. The first-order valence-corrected chi connectivity index (χ1v) is 6.51. The Bertz CT molecular complexity index is 517. The van der Waals surface area contributed by atoms with Gasteiger partial charge < -0.3 is 9.84 Å². The average molecular weight is 264 g/mol. The smallest absolute Gasteiger partial charge is 0.257 e. The quantitative estimate of drug-likeness (QED) is 0.905. The van der Waals surface area contributed by atoms with E-state index >= 15 is 0 Å². The number of hydrogen-bond donors (Lipinski definition) is 1. The summed E-state index contributed by atoms with van der Waals surface area (Å²) in [6, 6.07) is 7.42. The maximum atomic E-state index is 5.85. The van der Waals surface area contributed by atoms with Crippen LogP contribution in [0.2, 0.25) is 5.02 Å². The third-order valence-electron chi connectivity index (χ3n) is 3.19. The second kappa shape index (κ2) is 5.08. The molecular weight excluding hydrogens is 250 g/mol.